The third-order valence-corrected chi connectivity index (χ3v) is 4.02. The normalized spacial score (nSPS) is 12.4. The van der Waals surface area contributed by atoms with E-state index in [1.807, 2.05) is 0 Å². The van der Waals surface area contributed by atoms with Crippen LogP contribution in [0.1, 0.15) is 19.4 Å². The number of nitrogens with one attached hydrogen (secondary N) is 1. The van der Waals surface area contributed by atoms with Gasteiger partial charge in [-0.2, -0.15) is 4.72 Å². The molecule has 1 aromatic rings. The molecule has 7 heteroatoms. The zero-order chi connectivity index (χ0) is 14.1. The van der Waals surface area contributed by atoms with Gasteiger partial charge in [-0.3, -0.25) is 4.79 Å². The second-order valence-corrected chi connectivity index (χ2v) is 6.36. The predicted molar refractivity (Wildman–Crippen MR) is 69.2 cm³/mol. The lowest BCUT2D eigenvalue weighted by molar-refractivity contribution is -0.122. The van der Waals surface area contributed by atoms with Gasteiger partial charge in [-0.1, -0.05) is 0 Å². The van der Waals surface area contributed by atoms with Gasteiger partial charge in [-0.25, -0.2) is 8.42 Å². The van der Waals surface area contributed by atoms with Crippen LogP contribution >= 0.6 is 0 Å². The zero-order valence-corrected chi connectivity index (χ0v) is 11.3. The Labute approximate surface area is 106 Å². The topological polar surface area (TPSA) is 115 Å². The summed E-state index contributed by atoms with van der Waals surface area (Å²) in [7, 11) is -3.84. The van der Waals surface area contributed by atoms with Crippen LogP contribution in [0.2, 0.25) is 0 Å². The highest BCUT2D eigenvalue weighted by Gasteiger charge is 2.31. The molecule has 0 saturated heterocycles. The molecule has 0 saturated carbocycles. The van der Waals surface area contributed by atoms with Crippen LogP contribution in [0.3, 0.4) is 0 Å². The number of nitrogen functional groups attached to an aromatic ring is 1. The summed E-state index contributed by atoms with van der Waals surface area (Å²) in [5, 5.41) is 0. The van der Waals surface area contributed by atoms with Crippen LogP contribution < -0.4 is 16.2 Å². The maximum absolute atomic E-state index is 12.1. The third kappa shape index (κ3) is 3.21. The lowest BCUT2D eigenvalue weighted by Crippen LogP contribution is -2.52. The van der Waals surface area contributed by atoms with Gasteiger partial charge in [-0.15, -0.1) is 0 Å². The summed E-state index contributed by atoms with van der Waals surface area (Å²) in [6, 6.07) is 4.44. The van der Waals surface area contributed by atoms with Gasteiger partial charge in [-0.05, 0) is 44.5 Å². The van der Waals surface area contributed by atoms with Gasteiger partial charge in [0.2, 0.25) is 15.9 Å². The highest BCUT2D eigenvalue weighted by Crippen LogP contribution is 2.18. The number of primary amides is 1. The molecule has 0 aromatic heterocycles. The van der Waals surface area contributed by atoms with E-state index in [1.54, 1.807) is 13.0 Å². The van der Waals surface area contributed by atoms with E-state index >= 15 is 0 Å². The van der Waals surface area contributed by atoms with Crippen LogP contribution in [0, 0.1) is 6.92 Å². The minimum absolute atomic E-state index is 0.00863. The highest BCUT2D eigenvalue weighted by molar-refractivity contribution is 7.89. The summed E-state index contributed by atoms with van der Waals surface area (Å²) >= 11 is 0. The number of aryl methyl sites for hydroxylation is 1. The molecule has 6 nitrogen and oxygen atoms in total. The minimum Gasteiger partial charge on any atom is -0.399 e. The van der Waals surface area contributed by atoms with E-state index in [2.05, 4.69) is 4.72 Å². The van der Waals surface area contributed by atoms with Crippen molar-refractivity contribution < 1.29 is 13.2 Å². The van der Waals surface area contributed by atoms with Crippen LogP contribution in [-0.2, 0) is 14.8 Å². The average molecular weight is 271 g/mol. The maximum atomic E-state index is 12.1. The molecular weight excluding hydrogens is 254 g/mol. The molecule has 1 aromatic carbocycles. The first kappa shape index (κ1) is 14.5. The largest absolute Gasteiger partial charge is 0.399 e. The number of nitrogens with two attached hydrogens (primary N) is 2. The molecule has 0 spiro atoms. The van der Waals surface area contributed by atoms with E-state index in [0.717, 1.165) is 0 Å². The Morgan fingerprint density at radius 2 is 1.83 bits per heavy atom. The molecule has 0 atom stereocenters. The van der Waals surface area contributed by atoms with Crippen LogP contribution in [0.25, 0.3) is 0 Å². The molecule has 5 N–H and O–H groups in total. The number of rotatable bonds is 4. The molecular formula is C11H17N3O3S. The Hall–Kier alpha value is -1.60. The maximum Gasteiger partial charge on any atom is 0.241 e. The van der Waals surface area contributed by atoms with E-state index < -0.39 is 21.5 Å². The van der Waals surface area contributed by atoms with Crippen molar-refractivity contribution in [3.8, 4) is 0 Å². The number of hydrogen-bond acceptors (Lipinski definition) is 4. The fourth-order valence-corrected chi connectivity index (χ4v) is 2.90. The molecule has 100 valence electrons. The summed E-state index contributed by atoms with van der Waals surface area (Å²) in [5.41, 5.74) is 10.4. The first-order chi connectivity index (χ1) is 8.04. The molecule has 0 aliphatic heterocycles. The first-order valence-electron chi connectivity index (χ1n) is 5.26. The van der Waals surface area contributed by atoms with Crippen molar-refractivity contribution in [1.82, 2.24) is 4.72 Å². The monoisotopic (exact) mass is 271 g/mol. The smallest absolute Gasteiger partial charge is 0.241 e. The Morgan fingerprint density at radius 3 is 2.28 bits per heavy atom. The molecule has 1 amide bonds. The first-order valence-corrected chi connectivity index (χ1v) is 6.74. The molecule has 0 radical (unpaired) electrons. The second-order valence-electron chi connectivity index (χ2n) is 4.67. The SMILES string of the molecule is Cc1cc(N)cc(S(=O)(=O)NC(C)(C)C(N)=O)c1. The quantitative estimate of drug-likeness (QED) is 0.674. The van der Waals surface area contributed by atoms with E-state index in [-0.39, 0.29) is 4.90 Å². The van der Waals surface area contributed by atoms with Crippen molar-refractivity contribution in [2.24, 2.45) is 5.73 Å². The lowest BCUT2D eigenvalue weighted by Gasteiger charge is -2.22. The van der Waals surface area contributed by atoms with Crippen LogP contribution in [0.5, 0.6) is 0 Å². The molecule has 1 rings (SSSR count). The summed E-state index contributed by atoms with van der Waals surface area (Å²) in [4.78, 5) is 11.1. The molecule has 0 aliphatic rings. The van der Waals surface area contributed by atoms with Crippen molar-refractivity contribution in [3.05, 3.63) is 23.8 Å². The van der Waals surface area contributed by atoms with Gasteiger partial charge in [0.15, 0.2) is 0 Å². The van der Waals surface area contributed by atoms with Crippen molar-refractivity contribution in [2.75, 3.05) is 5.73 Å². The molecule has 0 aliphatic carbocycles. The van der Waals surface area contributed by atoms with E-state index in [9.17, 15) is 13.2 Å². The summed E-state index contributed by atoms with van der Waals surface area (Å²) in [6.45, 7) is 4.52. The fourth-order valence-electron chi connectivity index (χ4n) is 1.38. The number of amides is 1. The Morgan fingerprint density at radius 1 is 1.28 bits per heavy atom. The third-order valence-electron chi connectivity index (χ3n) is 2.39. The van der Waals surface area contributed by atoms with E-state index in [1.165, 1.54) is 26.0 Å². The standard InChI is InChI=1S/C11H17N3O3S/c1-7-4-8(12)6-9(5-7)18(16,17)14-11(2,3)10(13)15/h4-6,14H,12H2,1-3H3,(H2,13,15). The second kappa shape index (κ2) is 4.58. The molecule has 0 bridgehead atoms. The fraction of sp³-hybridized carbons (Fsp3) is 0.364. The number of benzene rings is 1. The molecule has 0 unspecified atom stereocenters. The van der Waals surface area contributed by atoms with Crippen molar-refractivity contribution in [2.45, 2.75) is 31.2 Å². The average Bonchev–Trinajstić information content (AvgIpc) is 2.13. The van der Waals surface area contributed by atoms with Crippen LogP contribution in [0.15, 0.2) is 23.1 Å². The van der Waals surface area contributed by atoms with E-state index in [0.29, 0.717) is 11.3 Å². The predicted octanol–water partition coefficient (Wildman–Crippen LogP) is 0.119. The van der Waals surface area contributed by atoms with Gasteiger partial charge >= 0.3 is 0 Å². The summed E-state index contributed by atoms with van der Waals surface area (Å²) in [5.74, 6) is -0.758. The summed E-state index contributed by atoms with van der Waals surface area (Å²) < 4.78 is 26.4. The van der Waals surface area contributed by atoms with Gasteiger partial charge in [0, 0.05) is 5.69 Å². The van der Waals surface area contributed by atoms with Gasteiger partial charge in [0.25, 0.3) is 0 Å². The van der Waals surface area contributed by atoms with Gasteiger partial charge in [0.1, 0.15) is 5.54 Å². The Balaban J connectivity index is 3.19. The van der Waals surface area contributed by atoms with Crippen LogP contribution in [0.4, 0.5) is 5.69 Å². The Bertz CT molecular complexity index is 559. The number of carbonyl (C=O) groups is 1. The lowest BCUT2D eigenvalue weighted by atomic mass is 10.1. The minimum atomic E-state index is -3.84. The molecule has 0 fully saturated rings. The van der Waals surface area contributed by atoms with E-state index in [4.69, 9.17) is 11.5 Å². The van der Waals surface area contributed by atoms with Crippen LogP contribution in [-0.4, -0.2) is 19.9 Å². The molecule has 0 heterocycles. The van der Waals surface area contributed by atoms with Gasteiger partial charge < -0.3 is 11.5 Å². The molecule has 18 heavy (non-hydrogen) atoms. The van der Waals surface area contributed by atoms with Crippen molar-refractivity contribution >= 4 is 21.6 Å². The van der Waals surface area contributed by atoms with Crippen molar-refractivity contribution in [3.63, 3.8) is 0 Å². The Kier molecular flexibility index (Phi) is 3.68. The van der Waals surface area contributed by atoms with Gasteiger partial charge in [0.05, 0.1) is 4.90 Å². The number of sulfonamides is 1. The zero-order valence-electron chi connectivity index (χ0n) is 10.5. The number of hydrogen-bond donors (Lipinski definition) is 3. The number of carbonyl (C=O) groups excluding carboxylic acids is 1. The summed E-state index contributed by atoms with van der Waals surface area (Å²) in [6.07, 6.45) is 0. The number of anilines is 1. The van der Waals surface area contributed by atoms with Crippen molar-refractivity contribution in [1.29, 1.82) is 0 Å². The highest BCUT2D eigenvalue weighted by atomic mass is 32.2.